The van der Waals surface area contributed by atoms with Gasteiger partial charge in [0, 0.05) is 38.8 Å². The molecule has 0 bridgehead atoms. The van der Waals surface area contributed by atoms with E-state index in [1.54, 1.807) is 49.5 Å². The van der Waals surface area contributed by atoms with Crippen molar-refractivity contribution in [1.82, 2.24) is 19.4 Å². The summed E-state index contributed by atoms with van der Waals surface area (Å²) in [6.45, 7) is 4.44. The van der Waals surface area contributed by atoms with Crippen molar-refractivity contribution in [1.29, 1.82) is 0 Å². The van der Waals surface area contributed by atoms with Crippen LogP contribution in [0.4, 0.5) is 11.4 Å². The first-order chi connectivity index (χ1) is 15.6. The van der Waals surface area contributed by atoms with Gasteiger partial charge in [-0.3, -0.25) is 14.2 Å². The first-order valence-corrected chi connectivity index (χ1v) is 10.6. The molecule has 3 heterocycles. The summed E-state index contributed by atoms with van der Waals surface area (Å²) in [4.78, 5) is 37.1. The molecule has 0 unspecified atom stereocenters. The van der Waals surface area contributed by atoms with Crippen molar-refractivity contribution in [3.8, 4) is 11.6 Å². The lowest BCUT2D eigenvalue weighted by atomic mass is 10.2. The van der Waals surface area contributed by atoms with E-state index in [9.17, 15) is 9.59 Å². The van der Waals surface area contributed by atoms with Crippen LogP contribution in [0.2, 0.25) is 0 Å². The minimum Gasteiger partial charge on any atom is -0.495 e. The Morgan fingerprint density at radius 3 is 2.53 bits per heavy atom. The van der Waals surface area contributed by atoms with Crippen LogP contribution in [0.1, 0.15) is 23.8 Å². The topological polar surface area (TPSA) is 92.6 Å². The van der Waals surface area contributed by atoms with Gasteiger partial charge >= 0.3 is 0 Å². The molecule has 1 aromatic carbocycles. The first-order valence-electron chi connectivity index (χ1n) is 10.6. The van der Waals surface area contributed by atoms with Crippen molar-refractivity contribution < 1.29 is 14.3 Å². The average Bonchev–Trinajstić information content (AvgIpc) is 3.34. The maximum atomic E-state index is 13.0. The molecular weight excluding hydrogens is 408 g/mol. The van der Waals surface area contributed by atoms with E-state index in [1.165, 1.54) is 0 Å². The lowest BCUT2D eigenvalue weighted by Gasteiger charge is -2.36. The van der Waals surface area contributed by atoms with Gasteiger partial charge in [0.05, 0.1) is 24.7 Å². The number of carbonyl (C=O) groups excluding carboxylic acids is 2. The number of hydrogen-bond acceptors (Lipinski definition) is 6. The molecule has 2 amide bonds. The lowest BCUT2D eigenvalue weighted by Crippen LogP contribution is -2.49. The van der Waals surface area contributed by atoms with Crippen LogP contribution in [0.25, 0.3) is 5.82 Å². The number of aromatic nitrogens is 3. The van der Waals surface area contributed by atoms with Gasteiger partial charge in [0.15, 0.2) is 0 Å². The number of nitrogens with zero attached hydrogens (tertiary/aromatic N) is 5. The van der Waals surface area contributed by atoms with Crippen molar-refractivity contribution in [3.63, 3.8) is 0 Å². The van der Waals surface area contributed by atoms with Gasteiger partial charge in [0.2, 0.25) is 5.91 Å². The Morgan fingerprint density at radius 1 is 1.06 bits per heavy atom. The van der Waals surface area contributed by atoms with Crippen LogP contribution < -0.4 is 15.0 Å². The van der Waals surface area contributed by atoms with Gasteiger partial charge in [-0.1, -0.05) is 19.1 Å². The molecule has 1 aliphatic rings. The van der Waals surface area contributed by atoms with E-state index in [2.05, 4.69) is 20.2 Å². The van der Waals surface area contributed by atoms with Crippen LogP contribution in [0.5, 0.6) is 5.75 Å². The van der Waals surface area contributed by atoms with Crippen LogP contribution in [0, 0.1) is 0 Å². The number of carbonyl (C=O) groups is 2. The minimum atomic E-state index is -0.102. The van der Waals surface area contributed by atoms with Crippen LogP contribution in [-0.4, -0.2) is 64.5 Å². The van der Waals surface area contributed by atoms with Gasteiger partial charge in [-0.15, -0.1) is 0 Å². The highest BCUT2D eigenvalue weighted by Crippen LogP contribution is 2.28. The molecule has 0 spiro atoms. The second-order valence-corrected chi connectivity index (χ2v) is 7.42. The molecule has 9 nitrogen and oxygen atoms in total. The van der Waals surface area contributed by atoms with Gasteiger partial charge in [-0.05, 0) is 24.3 Å². The number of piperazine rings is 1. The Balaban J connectivity index is 1.38. The predicted molar refractivity (Wildman–Crippen MR) is 121 cm³/mol. The first kappa shape index (κ1) is 21.4. The predicted octanol–water partition coefficient (Wildman–Crippen LogP) is 2.59. The molecule has 9 heteroatoms. The molecule has 1 aliphatic heterocycles. The zero-order chi connectivity index (χ0) is 22.5. The molecule has 32 heavy (non-hydrogen) atoms. The number of benzene rings is 1. The van der Waals surface area contributed by atoms with Crippen LogP contribution in [0.3, 0.4) is 0 Å². The highest BCUT2D eigenvalue weighted by atomic mass is 16.5. The number of rotatable bonds is 6. The number of para-hydroxylation sites is 2. The summed E-state index contributed by atoms with van der Waals surface area (Å²) < 4.78 is 7.16. The van der Waals surface area contributed by atoms with E-state index in [0.717, 1.165) is 24.5 Å². The Bertz CT molecular complexity index is 1090. The van der Waals surface area contributed by atoms with Crippen molar-refractivity contribution in [2.24, 2.45) is 0 Å². The van der Waals surface area contributed by atoms with Crippen LogP contribution >= 0.6 is 0 Å². The third kappa shape index (κ3) is 4.56. The largest absolute Gasteiger partial charge is 0.495 e. The summed E-state index contributed by atoms with van der Waals surface area (Å²) in [6, 6.07) is 11.5. The van der Waals surface area contributed by atoms with Crippen molar-refractivity contribution >= 4 is 23.2 Å². The zero-order valence-corrected chi connectivity index (χ0v) is 18.2. The summed E-state index contributed by atoms with van der Waals surface area (Å²) in [5.74, 6) is 1.28. The highest BCUT2D eigenvalue weighted by Gasteiger charge is 2.25. The molecule has 1 N–H and O–H groups in total. The Morgan fingerprint density at radius 2 is 1.84 bits per heavy atom. The zero-order valence-electron chi connectivity index (χ0n) is 18.2. The molecule has 166 valence electrons. The number of nitrogens with one attached hydrogen (secondary N) is 1. The second-order valence-electron chi connectivity index (χ2n) is 7.42. The fraction of sp³-hybridized carbons (Fsp3) is 0.304. The number of imidazole rings is 1. The van der Waals surface area contributed by atoms with Gasteiger partial charge in [0.1, 0.15) is 23.6 Å². The van der Waals surface area contributed by atoms with Gasteiger partial charge in [-0.25, -0.2) is 9.97 Å². The molecule has 1 fully saturated rings. The number of pyridine rings is 1. The molecule has 0 radical (unpaired) electrons. The van der Waals surface area contributed by atoms with E-state index >= 15 is 0 Å². The normalized spacial score (nSPS) is 13.7. The summed E-state index contributed by atoms with van der Waals surface area (Å²) in [7, 11) is 1.67. The van der Waals surface area contributed by atoms with E-state index in [0.29, 0.717) is 36.7 Å². The fourth-order valence-electron chi connectivity index (χ4n) is 3.62. The number of methoxy groups -OCH3 is 1. The highest BCUT2D eigenvalue weighted by molar-refractivity contribution is 5.92. The number of hydrogen-bond donors (Lipinski definition) is 1. The van der Waals surface area contributed by atoms with Crippen molar-refractivity contribution in [2.45, 2.75) is 13.3 Å². The lowest BCUT2D eigenvalue weighted by molar-refractivity contribution is -0.115. The van der Waals surface area contributed by atoms with Gasteiger partial charge in [-0.2, -0.15) is 0 Å². The quantitative estimate of drug-likeness (QED) is 0.641. The van der Waals surface area contributed by atoms with Crippen molar-refractivity contribution in [3.05, 3.63) is 60.8 Å². The van der Waals surface area contributed by atoms with E-state index in [4.69, 9.17) is 4.74 Å². The summed E-state index contributed by atoms with van der Waals surface area (Å²) >= 11 is 0. The molecule has 3 aromatic rings. The molecule has 0 aliphatic carbocycles. The van der Waals surface area contributed by atoms with E-state index < -0.39 is 0 Å². The minimum absolute atomic E-state index is 0.0686. The second kappa shape index (κ2) is 9.51. The molecule has 0 atom stereocenters. The third-order valence-corrected chi connectivity index (χ3v) is 5.41. The van der Waals surface area contributed by atoms with Crippen LogP contribution in [0.15, 0.2) is 55.1 Å². The average molecular weight is 435 g/mol. The molecule has 1 saturated heterocycles. The van der Waals surface area contributed by atoms with Gasteiger partial charge in [0.25, 0.3) is 5.91 Å². The van der Waals surface area contributed by atoms with Gasteiger partial charge < -0.3 is 19.9 Å². The number of ether oxygens (including phenoxy) is 1. The molecule has 2 aromatic heterocycles. The smallest absolute Gasteiger partial charge is 0.274 e. The maximum Gasteiger partial charge on any atom is 0.274 e. The molecular formula is C23H26N6O3. The Labute approximate surface area is 186 Å². The Hall–Kier alpha value is -3.88. The molecule has 0 saturated carbocycles. The van der Waals surface area contributed by atoms with E-state index in [-0.39, 0.29) is 11.8 Å². The molecule has 4 rings (SSSR count). The SMILES string of the molecule is CCC(=O)Nc1ccc(-n2cnc(C(=O)N3CCN(c4ccccc4OC)CC3)c2)nc1. The maximum absolute atomic E-state index is 13.0. The van der Waals surface area contributed by atoms with Crippen LogP contribution in [-0.2, 0) is 4.79 Å². The Kier molecular flexibility index (Phi) is 6.34. The number of anilines is 2. The number of amides is 2. The standard InChI is InChI=1S/C23H26N6O3/c1-3-22(30)26-17-8-9-21(24-14-17)29-15-18(25-16-29)23(31)28-12-10-27(11-13-28)19-6-4-5-7-20(19)32-2/h4-9,14-16H,3,10-13H2,1-2H3,(H,26,30). The summed E-state index contributed by atoms with van der Waals surface area (Å²) in [5.41, 5.74) is 2.04. The van der Waals surface area contributed by atoms with Crippen molar-refractivity contribution in [2.75, 3.05) is 43.5 Å². The fourth-order valence-corrected chi connectivity index (χ4v) is 3.62. The third-order valence-electron chi connectivity index (χ3n) is 5.41. The summed E-state index contributed by atoms with van der Waals surface area (Å²) in [6.07, 6.45) is 5.25. The summed E-state index contributed by atoms with van der Waals surface area (Å²) in [5, 5.41) is 2.76. The van der Waals surface area contributed by atoms with E-state index in [1.807, 2.05) is 29.2 Å². The monoisotopic (exact) mass is 434 g/mol.